The number of ether oxygens (including phenoxy) is 1. The molecule has 23 heavy (non-hydrogen) atoms. The molecule has 1 heterocycles. The highest BCUT2D eigenvalue weighted by Crippen LogP contribution is 2.30. The number of hydrogen-bond acceptors (Lipinski definition) is 4. The van der Waals surface area contributed by atoms with Crippen LogP contribution in [0.1, 0.15) is 40.0 Å². The molecule has 1 amide bonds. The zero-order valence-electron chi connectivity index (χ0n) is 14.3. The third-order valence-corrected chi connectivity index (χ3v) is 4.18. The van der Waals surface area contributed by atoms with Crippen LogP contribution in [0.5, 0.6) is 0 Å². The predicted octanol–water partition coefficient (Wildman–Crippen LogP) is 3.68. The van der Waals surface area contributed by atoms with Crippen LogP contribution in [0, 0.1) is 0 Å². The van der Waals surface area contributed by atoms with Gasteiger partial charge in [-0.2, -0.15) is 0 Å². The summed E-state index contributed by atoms with van der Waals surface area (Å²) in [6.07, 6.45) is 3.53. The molecule has 1 saturated heterocycles. The zero-order chi connectivity index (χ0) is 16.4. The zero-order valence-corrected chi connectivity index (χ0v) is 14.3. The summed E-state index contributed by atoms with van der Waals surface area (Å²) in [4.78, 5) is 14.3. The summed E-state index contributed by atoms with van der Waals surface area (Å²) < 4.78 is 5.25. The highest BCUT2D eigenvalue weighted by atomic mass is 16.6. The van der Waals surface area contributed by atoms with E-state index in [0.717, 1.165) is 24.0 Å². The van der Waals surface area contributed by atoms with E-state index in [0.29, 0.717) is 6.04 Å². The fourth-order valence-corrected chi connectivity index (χ4v) is 2.98. The van der Waals surface area contributed by atoms with Gasteiger partial charge >= 0.3 is 6.09 Å². The molecule has 126 valence electrons. The minimum atomic E-state index is -0.485. The van der Waals surface area contributed by atoms with Crippen LogP contribution in [-0.4, -0.2) is 41.8 Å². The lowest BCUT2D eigenvalue weighted by molar-refractivity contribution is 0.0636. The van der Waals surface area contributed by atoms with Crippen molar-refractivity contribution in [3.8, 4) is 0 Å². The van der Waals surface area contributed by atoms with Crippen molar-refractivity contribution in [2.75, 3.05) is 23.7 Å². The molecule has 2 aliphatic rings. The lowest BCUT2D eigenvalue weighted by Gasteiger charge is -2.20. The molecule has 0 spiro atoms. The topological polar surface area (TPSA) is 53.6 Å². The Hall–Kier alpha value is -1.75. The minimum absolute atomic E-state index is 0.422. The van der Waals surface area contributed by atoms with Crippen LogP contribution in [0.2, 0.25) is 0 Å². The Morgan fingerprint density at radius 2 is 1.78 bits per heavy atom. The first-order valence-electron chi connectivity index (χ1n) is 8.50. The number of amides is 1. The van der Waals surface area contributed by atoms with Gasteiger partial charge in [-0.25, -0.2) is 4.79 Å². The quantitative estimate of drug-likeness (QED) is 0.889. The van der Waals surface area contributed by atoms with Gasteiger partial charge in [0.15, 0.2) is 0 Å². The smallest absolute Gasteiger partial charge is 0.412 e. The van der Waals surface area contributed by atoms with Gasteiger partial charge in [0.05, 0.1) is 0 Å². The first kappa shape index (κ1) is 16.1. The summed E-state index contributed by atoms with van der Waals surface area (Å²) in [6.45, 7) is 7.91. The van der Waals surface area contributed by atoms with Gasteiger partial charge in [-0.1, -0.05) is 0 Å². The van der Waals surface area contributed by atoms with Gasteiger partial charge in [-0.15, -0.1) is 0 Å². The Balaban J connectivity index is 1.48. The summed E-state index contributed by atoms with van der Waals surface area (Å²) in [6, 6.07) is 9.20. The van der Waals surface area contributed by atoms with Crippen LogP contribution >= 0.6 is 0 Å². The van der Waals surface area contributed by atoms with Crippen molar-refractivity contribution in [3.05, 3.63) is 24.3 Å². The summed E-state index contributed by atoms with van der Waals surface area (Å²) >= 11 is 0. The van der Waals surface area contributed by atoms with Gasteiger partial charge in [0.1, 0.15) is 5.60 Å². The average molecular weight is 317 g/mol. The molecule has 1 aromatic carbocycles. The molecule has 0 radical (unpaired) electrons. The maximum Gasteiger partial charge on any atom is 0.412 e. The summed E-state index contributed by atoms with van der Waals surface area (Å²) in [5, 5.41) is 6.34. The summed E-state index contributed by atoms with van der Waals surface area (Å²) in [5.74, 6) is 0. The largest absolute Gasteiger partial charge is 0.444 e. The predicted molar refractivity (Wildman–Crippen MR) is 92.9 cm³/mol. The fourth-order valence-electron chi connectivity index (χ4n) is 2.98. The normalized spacial score (nSPS) is 22.0. The average Bonchev–Trinajstić information content (AvgIpc) is 3.20. The molecule has 1 unspecified atom stereocenters. The molecule has 0 bridgehead atoms. The molecular weight excluding hydrogens is 290 g/mol. The Labute approximate surface area is 138 Å². The lowest BCUT2D eigenvalue weighted by Crippen LogP contribution is -2.28. The maximum atomic E-state index is 11.7. The highest BCUT2D eigenvalue weighted by molar-refractivity contribution is 5.85. The van der Waals surface area contributed by atoms with Crippen molar-refractivity contribution in [3.63, 3.8) is 0 Å². The van der Waals surface area contributed by atoms with Crippen LogP contribution in [0.25, 0.3) is 0 Å². The lowest BCUT2D eigenvalue weighted by atomic mass is 10.2. The number of anilines is 2. The van der Waals surface area contributed by atoms with E-state index in [4.69, 9.17) is 4.74 Å². The van der Waals surface area contributed by atoms with Crippen LogP contribution in [0.15, 0.2) is 24.3 Å². The number of hydrogen-bond donors (Lipinski definition) is 2. The number of benzene rings is 1. The van der Waals surface area contributed by atoms with Gasteiger partial charge in [-0.05, 0) is 64.3 Å². The minimum Gasteiger partial charge on any atom is -0.444 e. The van der Waals surface area contributed by atoms with E-state index in [1.54, 1.807) is 0 Å². The van der Waals surface area contributed by atoms with E-state index in [2.05, 4.69) is 15.5 Å². The number of carbonyl (C=O) groups is 1. The van der Waals surface area contributed by atoms with E-state index in [-0.39, 0.29) is 0 Å². The molecule has 1 aliphatic heterocycles. The molecule has 5 heteroatoms. The van der Waals surface area contributed by atoms with Crippen molar-refractivity contribution in [1.29, 1.82) is 0 Å². The fraction of sp³-hybridized carbons (Fsp3) is 0.611. The third-order valence-electron chi connectivity index (χ3n) is 4.18. The molecule has 1 aliphatic carbocycles. The SMILES string of the molecule is CC(C)(C)OC(=O)Nc1ccc(NC2CCN(C3CC3)C2)cc1. The first-order valence-corrected chi connectivity index (χ1v) is 8.50. The second kappa shape index (κ2) is 6.40. The molecule has 1 saturated carbocycles. The molecule has 0 aromatic heterocycles. The van der Waals surface area contributed by atoms with E-state index in [9.17, 15) is 4.79 Å². The van der Waals surface area contributed by atoms with E-state index in [1.807, 2.05) is 45.0 Å². The second-order valence-electron chi connectivity index (χ2n) is 7.56. The first-order chi connectivity index (χ1) is 10.9. The summed E-state index contributed by atoms with van der Waals surface area (Å²) in [5.41, 5.74) is 1.36. The van der Waals surface area contributed by atoms with Gasteiger partial charge in [0, 0.05) is 36.5 Å². The van der Waals surface area contributed by atoms with Crippen LogP contribution < -0.4 is 10.6 Å². The third kappa shape index (κ3) is 4.86. The molecule has 1 aromatic rings. The Morgan fingerprint density at radius 3 is 2.39 bits per heavy atom. The second-order valence-corrected chi connectivity index (χ2v) is 7.56. The van der Waals surface area contributed by atoms with Crippen molar-refractivity contribution < 1.29 is 9.53 Å². The molecule has 1 atom stereocenters. The molecular formula is C18H27N3O2. The van der Waals surface area contributed by atoms with Gasteiger partial charge in [0.25, 0.3) is 0 Å². The van der Waals surface area contributed by atoms with Crippen molar-refractivity contribution >= 4 is 17.5 Å². The van der Waals surface area contributed by atoms with Crippen LogP contribution in [0.3, 0.4) is 0 Å². The number of nitrogens with one attached hydrogen (secondary N) is 2. The van der Waals surface area contributed by atoms with E-state index in [1.165, 1.54) is 25.8 Å². The maximum absolute atomic E-state index is 11.7. The summed E-state index contributed by atoms with van der Waals surface area (Å²) in [7, 11) is 0. The van der Waals surface area contributed by atoms with Gasteiger partial charge in [0.2, 0.25) is 0 Å². The van der Waals surface area contributed by atoms with Crippen LogP contribution in [-0.2, 0) is 4.74 Å². The van der Waals surface area contributed by atoms with E-state index < -0.39 is 11.7 Å². The number of likely N-dealkylation sites (tertiary alicyclic amines) is 1. The molecule has 2 fully saturated rings. The highest BCUT2D eigenvalue weighted by Gasteiger charge is 2.34. The number of nitrogens with zero attached hydrogens (tertiary/aromatic N) is 1. The molecule has 3 rings (SSSR count). The van der Waals surface area contributed by atoms with Crippen molar-refractivity contribution in [2.45, 2.75) is 57.7 Å². The van der Waals surface area contributed by atoms with Gasteiger partial charge in [-0.3, -0.25) is 10.2 Å². The van der Waals surface area contributed by atoms with Crippen molar-refractivity contribution in [2.24, 2.45) is 0 Å². The Bertz CT molecular complexity index is 546. The van der Waals surface area contributed by atoms with Gasteiger partial charge < -0.3 is 10.1 Å². The monoisotopic (exact) mass is 317 g/mol. The Morgan fingerprint density at radius 1 is 1.13 bits per heavy atom. The van der Waals surface area contributed by atoms with Crippen molar-refractivity contribution in [1.82, 2.24) is 4.90 Å². The number of rotatable bonds is 4. The Kier molecular flexibility index (Phi) is 4.48. The van der Waals surface area contributed by atoms with Crippen LogP contribution in [0.4, 0.5) is 16.2 Å². The number of carbonyl (C=O) groups excluding carboxylic acids is 1. The standard InChI is InChI=1S/C18H27N3O2/c1-18(2,3)23-17(22)20-14-6-4-13(5-7-14)19-15-10-11-21(12-15)16-8-9-16/h4-7,15-16,19H,8-12H2,1-3H3,(H,20,22). The molecule has 5 nitrogen and oxygen atoms in total. The molecule has 2 N–H and O–H groups in total. The van der Waals surface area contributed by atoms with E-state index >= 15 is 0 Å².